The molecule has 0 fully saturated rings. The van der Waals surface area contributed by atoms with Crippen LogP contribution in [0.4, 0.5) is 0 Å². The predicted octanol–water partition coefficient (Wildman–Crippen LogP) is 12.1. The molecule has 0 aliphatic heterocycles. The number of benzene rings is 7. The molecule has 0 saturated carbocycles. The van der Waals surface area contributed by atoms with Gasteiger partial charge >= 0.3 is 0 Å². The first-order chi connectivity index (χ1) is 23.8. The van der Waals surface area contributed by atoms with Gasteiger partial charge in [0, 0.05) is 58.7 Å². The number of aromatic nitrogens is 3. The summed E-state index contributed by atoms with van der Waals surface area (Å²) in [5.41, 5.74) is 8.42. The molecule has 0 bridgehead atoms. The fourth-order valence-electron chi connectivity index (χ4n) is 7.22. The highest BCUT2D eigenvalue weighted by Crippen LogP contribution is 2.44. The van der Waals surface area contributed by atoms with Gasteiger partial charge in [0.15, 0.2) is 5.82 Å². The highest BCUT2D eigenvalue weighted by atomic mass is 32.1. The van der Waals surface area contributed by atoms with Crippen molar-refractivity contribution in [2.45, 2.75) is 0 Å². The molecule has 4 heteroatoms. The Kier molecular flexibility index (Phi) is 6.05. The first kappa shape index (κ1) is 27.1. The van der Waals surface area contributed by atoms with E-state index >= 15 is 0 Å². The van der Waals surface area contributed by atoms with Crippen LogP contribution in [0.3, 0.4) is 0 Å². The molecule has 0 atom stereocenters. The first-order valence-corrected chi connectivity index (χ1v) is 17.0. The lowest BCUT2D eigenvalue weighted by Gasteiger charge is -2.13. The Balaban J connectivity index is 1.27. The summed E-state index contributed by atoms with van der Waals surface area (Å²) in [6.07, 6.45) is 0. The monoisotopic (exact) mass is 629 g/mol. The van der Waals surface area contributed by atoms with E-state index < -0.39 is 0 Å². The zero-order valence-corrected chi connectivity index (χ0v) is 26.7. The predicted molar refractivity (Wildman–Crippen MR) is 203 cm³/mol. The van der Waals surface area contributed by atoms with Gasteiger partial charge in [-0.3, -0.25) is 0 Å². The minimum Gasteiger partial charge on any atom is -0.309 e. The third-order valence-corrected chi connectivity index (χ3v) is 10.5. The second-order valence-electron chi connectivity index (χ2n) is 12.2. The van der Waals surface area contributed by atoms with E-state index in [2.05, 4.69) is 144 Å². The summed E-state index contributed by atoms with van der Waals surface area (Å²) in [4.78, 5) is 10.2. The van der Waals surface area contributed by atoms with E-state index in [4.69, 9.17) is 9.97 Å². The van der Waals surface area contributed by atoms with Gasteiger partial charge in [-0.25, -0.2) is 9.97 Å². The molecule has 0 unspecified atom stereocenters. The second kappa shape index (κ2) is 10.7. The van der Waals surface area contributed by atoms with E-state index in [1.807, 2.05) is 35.6 Å². The molecule has 3 heterocycles. The van der Waals surface area contributed by atoms with Crippen molar-refractivity contribution in [3.05, 3.63) is 164 Å². The van der Waals surface area contributed by atoms with Crippen LogP contribution in [0.1, 0.15) is 0 Å². The van der Waals surface area contributed by atoms with Crippen molar-refractivity contribution < 1.29 is 0 Å². The molecular formula is C44H27N3S. The van der Waals surface area contributed by atoms with Gasteiger partial charge in [-0.2, -0.15) is 0 Å². The van der Waals surface area contributed by atoms with Crippen molar-refractivity contribution in [3.8, 4) is 39.6 Å². The molecule has 3 aromatic heterocycles. The summed E-state index contributed by atoms with van der Waals surface area (Å²) in [5.74, 6) is 0.715. The Labute approximate surface area is 281 Å². The third kappa shape index (κ3) is 4.20. The Hall–Kier alpha value is -6.10. The number of hydrogen-bond acceptors (Lipinski definition) is 3. The smallest absolute Gasteiger partial charge is 0.160 e. The minimum atomic E-state index is 0.715. The van der Waals surface area contributed by atoms with Crippen LogP contribution < -0.4 is 0 Å². The van der Waals surface area contributed by atoms with Gasteiger partial charge in [0.25, 0.3) is 0 Å². The van der Waals surface area contributed by atoms with E-state index in [0.717, 1.165) is 33.8 Å². The Morgan fingerprint density at radius 2 is 1.10 bits per heavy atom. The van der Waals surface area contributed by atoms with Crippen molar-refractivity contribution in [2.24, 2.45) is 0 Å². The summed E-state index contributed by atoms with van der Waals surface area (Å²) in [6.45, 7) is 0. The van der Waals surface area contributed by atoms with Gasteiger partial charge in [0.05, 0.1) is 22.4 Å². The molecule has 10 aromatic rings. The SMILES string of the molecule is c1ccc(-c2cc(-c3cccc(-n4c5ccccc5c5ccc6ccc7sc8ccccc8c7c6c54)c3)nc(-c3ccccc3)n2)cc1. The first-order valence-electron chi connectivity index (χ1n) is 16.2. The van der Waals surface area contributed by atoms with Crippen LogP contribution >= 0.6 is 11.3 Å². The largest absolute Gasteiger partial charge is 0.309 e. The maximum absolute atomic E-state index is 5.15. The van der Waals surface area contributed by atoms with E-state index in [1.54, 1.807) is 0 Å². The lowest BCUT2D eigenvalue weighted by atomic mass is 10.0. The third-order valence-electron chi connectivity index (χ3n) is 9.38. The maximum Gasteiger partial charge on any atom is 0.160 e. The average molecular weight is 630 g/mol. The molecule has 0 spiro atoms. The van der Waals surface area contributed by atoms with Crippen LogP contribution in [-0.2, 0) is 0 Å². The summed E-state index contributed by atoms with van der Waals surface area (Å²) >= 11 is 1.87. The van der Waals surface area contributed by atoms with Gasteiger partial charge < -0.3 is 4.57 Å². The highest BCUT2D eigenvalue weighted by Gasteiger charge is 2.19. The Bertz CT molecular complexity index is 2770. The average Bonchev–Trinajstić information content (AvgIpc) is 3.71. The van der Waals surface area contributed by atoms with Gasteiger partial charge in [-0.05, 0) is 41.8 Å². The van der Waals surface area contributed by atoms with E-state index in [1.165, 1.54) is 52.8 Å². The van der Waals surface area contributed by atoms with Gasteiger partial charge in [0.2, 0.25) is 0 Å². The normalized spacial score (nSPS) is 11.8. The standard InChI is InChI=1S/C44H27N3S/c1-3-12-28(13-4-1)36-27-37(46-44(45-36)30-14-5-2-6-15-30)31-16-11-17-32(26-31)47-38-20-9-7-18-33(38)34-24-22-29-23-25-40-42(41(29)43(34)47)35-19-8-10-21-39(35)48-40/h1-27H. The van der Waals surface area contributed by atoms with Crippen LogP contribution in [0.15, 0.2) is 164 Å². The fraction of sp³-hybridized carbons (Fsp3) is 0. The molecule has 3 nitrogen and oxygen atoms in total. The lowest BCUT2D eigenvalue weighted by molar-refractivity contribution is 1.17. The number of rotatable bonds is 4. The van der Waals surface area contributed by atoms with Crippen molar-refractivity contribution in [1.29, 1.82) is 0 Å². The van der Waals surface area contributed by atoms with Crippen LogP contribution in [0.2, 0.25) is 0 Å². The van der Waals surface area contributed by atoms with Crippen LogP contribution in [0, 0.1) is 0 Å². The van der Waals surface area contributed by atoms with Gasteiger partial charge in [0.1, 0.15) is 0 Å². The molecule has 0 aliphatic rings. The molecule has 0 saturated heterocycles. The van der Waals surface area contributed by atoms with Gasteiger partial charge in [-0.1, -0.05) is 127 Å². The topological polar surface area (TPSA) is 30.7 Å². The molecule has 0 radical (unpaired) electrons. The molecule has 0 N–H and O–H groups in total. The Morgan fingerprint density at radius 1 is 0.438 bits per heavy atom. The van der Waals surface area contributed by atoms with E-state index in [9.17, 15) is 0 Å². The van der Waals surface area contributed by atoms with Crippen LogP contribution in [0.5, 0.6) is 0 Å². The molecule has 0 aliphatic carbocycles. The number of fused-ring (bicyclic) bond motifs is 9. The van der Waals surface area contributed by atoms with Crippen molar-refractivity contribution in [3.63, 3.8) is 0 Å². The number of hydrogen-bond donors (Lipinski definition) is 0. The molecule has 48 heavy (non-hydrogen) atoms. The number of para-hydroxylation sites is 1. The van der Waals surface area contributed by atoms with E-state index in [-0.39, 0.29) is 0 Å². The van der Waals surface area contributed by atoms with Gasteiger partial charge in [-0.15, -0.1) is 11.3 Å². The van der Waals surface area contributed by atoms with Crippen LogP contribution in [0.25, 0.3) is 92.3 Å². The van der Waals surface area contributed by atoms with E-state index in [0.29, 0.717) is 5.82 Å². The van der Waals surface area contributed by atoms with Crippen LogP contribution in [-0.4, -0.2) is 14.5 Å². The zero-order valence-electron chi connectivity index (χ0n) is 25.8. The zero-order chi connectivity index (χ0) is 31.6. The molecular weight excluding hydrogens is 603 g/mol. The second-order valence-corrected chi connectivity index (χ2v) is 13.3. The molecule has 10 rings (SSSR count). The highest BCUT2D eigenvalue weighted by molar-refractivity contribution is 7.26. The lowest BCUT2D eigenvalue weighted by Crippen LogP contribution is -1.98. The summed E-state index contributed by atoms with van der Waals surface area (Å²) in [5, 5.41) is 7.68. The number of thiophene rings is 1. The van der Waals surface area contributed by atoms with Crippen molar-refractivity contribution >= 4 is 64.1 Å². The van der Waals surface area contributed by atoms with Crippen molar-refractivity contribution in [2.75, 3.05) is 0 Å². The minimum absolute atomic E-state index is 0.715. The molecule has 0 amide bonds. The fourth-order valence-corrected chi connectivity index (χ4v) is 8.33. The summed E-state index contributed by atoms with van der Waals surface area (Å²) in [6, 6.07) is 58.2. The number of nitrogens with zero attached hydrogens (tertiary/aromatic N) is 3. The summed E-state index contributed by atoms with van der Waals surface area (Å²) in [7, 11) is 0. The quantitative estimate of drug-likeness (QED) is 0.194. The summed E-state index contributed by atoms with van der Waals surface area (Å²) < 4.78 is 5.08. The van der Waals surface area contributed by atoms with Crippen molar-refractivity contribution in [1.82, 2.24) is 14.5 Å². The molecule has 7 aromatic carbocycles. The Morgan fingerprint density at radius 3 is 1.94 bits per heavy atom. The maximum atomic E-state index is 5.15. The molecule has 224 valence electrons.